The number of H-pyrrole nitrogens is 1. The van der Waals surface area contributed by atoms with Gasteiger partial charge < -0.3 is 9.40 Å². The zero-order valence-corrected chi connectivity index (χ0v) is 14.2. The van der Waals surface area contributed by atoms with Crippen molar-refractivity contribution in [3.8, 4) is 0 Å². The molecule has 2 N–H and O–H groups in total. The van der Waals surface area contributed by atoms with Crippen LogP contribution in [0.2, 0.25) is 5.02 Å². The van der Waals surface area contributed by atoms with Gasteiger partial charge in [-0.05, 0) is 42.5 Å². The summed E-state index contributed by atoms with van der Waals surface area (Å²) in [5.41, 5.74) is 0.924. The summed E-state index contributed by atoms with van der Waals surface area (Å²) in [4.78, 5) is 14.2. The Morgan fingerprint density at radius 2 is 1.88 bits per heavy atom. The maximum atomic E-state index is 12.7. The van der Waals surface area contributed by atoms with Crippen LogP contribution in [0.25, 0.3) is 21.9 Å². The number of rotatable bonds is 3. The number of hydrogen-bond donors (Lipinski definition) is 2. The van der Waals surface area contributed by atoms with E-state index >= 15 is 0 Å². The van der Waals surface area contributed by atoms with Gasteiger partial charge in [-0.1, -0.05) is 11.6 Å². The second-order valence-electron chi connectivity index (χ2n) is 5.46. The van der Waals surface area contributed by atoms with Crippen LogP contribution in [0.3, 0.4) is 0 Å². The van der Waals surface area contributed by atoms with E-state index in [9.17, 15) is 13.2 Å². The van der Waals surface area contributed by atoms with E-state index in [-0.39, 0.29) is 4.90 Å². The highest BCUT2D eigenvalue weighted by atomic mass is 35.5. The number of halogens is 1. The molecule has 0 atom stereocenters. The minimum atomic E-state index is -3.80. The van der Waals surface area contributed by atoms with E-state index in [2.05, 4.69) is 9.71 Å². The van der Waals surface area contributed by atoms with Crippen molar-refractivity contribution in [3.05, 3.63) is 70.2 Å². The highest BCUT2D eigenvalue weighted by Gasteiger charge is 2.19. The van der Waals surface area contributed by atoms with E-state index in [1.165, 1.54) is 18.3 Å². The van der Waals surface area contributed by atoms with Crippen molar-refractivity contribution >= 4 is 49.2 Å². The summed E-state index contributed by atoms with van der Waals surface area (Å²) in [5, 5.41) is 1.68. The summed E-state index contributed by atoms with van der Waals surface area (Å²) in [6.45, 7) is 0. The number of hydrogen-bond acceptors (Lipinski definition) is 4. The third-order valence-electron chi connectivity index (χ3n) is 3.77. The Morgan fingerprint density at radius 1 is 1.04 bits per heavy atom. The largest absolute Gasteiger partial charge is 0.423 e. The first-order valence-corrected chi connectivity index (χ1v) is 9.12. The normalized spacial score (nSPS) is 11.9. The van der Waals surface area contributed by atoms with Crippen LogP contribution < -0.4 is 10.3 Å². The fourth-order valence-corrected chi connectivity index (χ4v) is 4.04. The van der Waals surface area contributed by atoms with Crippen LogP contribution >= 0.6 is 11.6 Å². The van der Waals surface area contributed by atoms with Crippen molar-refractivity contribution < 1.29 is 12.8 Å². The molecule has 25 heavy (non-hydrogen) atoms. The standard InChI is InChI=1S/C17H11ClN2O4S/c18-11-2-4-13-14(8-11)19-9-16(13)25(22,23)20-12-3-5-15-10(7-12)1-6-17(21)24-15/h1-9,19-20H. The maximum absolute atomic E-state index is 12.7. The van der Waals surface area contributed by atoms with Crippen molar-refractivity contribution in [2.45, 2.75) is 4.90 Å². The third kappa shape index (κ3) is 2.88. The Balaban J connectivity index is 1.75. The van der Waals surface area contributed by atoms with Crippen LogP contribution in [0.4, 0.5) is 5.69 Å². The summed E-state index contributed by atoms with van der Waals surface area (Å²) in [5.74, 6) is 0. The number of nitrogens with one attached hydrogen (secondary N) is 2. The van der Waals surface area contributed by atoms with Crippen LogP contribution in [0.1, 0.15) is 0 Å². The van der Waals surface area contributed by atoms with Crippen LogP contribution in [-0.2, 0) is 10.0 Å². The molecule has 0 unspecified atom stereocenters. The molecule has 4 aromatic rings. The molecule has 0 aliphatic carbocycles. The minimum absolute atomic E-state index is 0.124. The second kappa shape index (κ2) is 5.65. The molecule has 0 spiro atoms. The Kier molecular flexibility index (Phi) is 3.55. The number of aromatic amines is 1. The highest BCUT2D eigenvalue weighted by molar-refractivity contribution is 7.93. The van der Waals surface area contributed by atoms with E-state index in [0.29, 0.717) is 32.6 Å². The predicted molar refractivity (Wildman–Crippen MR) is 96.6 cm³/mol. The lowest BCUT2D eigenvalue weighted by Crippen LogP contribution is -2.12. The average Bonchev–Trinajstić information content (AvgIpc) is 2.98. The molecule has 126 valence electrons. The first kappa shape index (κ1) is 15.7. The SMILES string of the molecule is O=c1ccc2cc(NS(=O)(=O)c3c[nH]c4cc(Cl)ccc34)ccc2o1. The summed E-state index contributed by atoms with van der Waals surface area (Å²) in [6.07, 6.45) is 1.42. The van der Waals surface area contributed by atoms with Crippen molar-refractivity contribution in [3.63, 3.8) is 0 Å². The molecule has 0 fully saturated rings. The molecule has 2 aromatic heterocycles. The fourth-order valence-electron chi connectivity index (χ4n) is 2.64. The molecule has 2 heterocycles. The molecule has 0 bridgehead atoms. The molecule has 0 saturated carbocycles. The van der Waals surface area contributed by atoms with Crippen LogP contribution in [0, 0.1) is 0 Å². The van der Waals surface area contributed by atoms with E-state index in [4.69, 9.17) is 16.0 Å². The number of benzene rings is 2. The molecule has 0 amide bonds. The second-order valence-corrected chi connectivity index (χ2v) is 7.54. The van der Waals surface area contributed by atoms with Gasteiger partial charge in [-0.2, -0.15) is 0 Å². The van der Waals surface area contributed by atoms with Gasteiger partial charge in [-0.15, -0.1) is 0 Å². The zero-order valence-electron chi connectivity index (χ0n) is 12.6. The Morgan fingerprint density at radius 3 is 2.72 bits per heavy atom. The molecular formula is C17H11ClN2O4S. The third-order valence-corrected chi connectivity index (χ3v) is 5.42. The van der Waals surface area contributed by atoms with Gasteiger partial charge in [0.15, 0.2) is 0 Å². The predicted octanol–water partition coefficient (Wildman–Crippen LogP) is 3.73. The topological polar surface area (TPSA) is 92.2 Å². The van der Waals surface area contributed by atoms with Gasteiger partial charge in [0, 0.05) is 39.3 Å². The van der Waals surface area contributed by atoms with Gasteiger partial charge >= 0.3 is 5.63 Å². The maximum Gasteiger partial charge on any atom is 0.336 e. The molecular weight excluding hydrogens is 364 g/mol. The minimum Gasteiger partial charge on any atom is -0.423 e. The smallest absolute Gasteiger partial charge is 0.336 e. The number of sulfonamides is 1. The highest BCUT2D eigenvalue weighted by Crippen LogP contribution is 2.27. The lowest BCUT2D eigenvalue weighted by Gasteiger charge is -2.08. The Bertz CT molecular complexity index is 1270. The van der Waals surface area contributed by atoms with E-state index < -0.39 is 15.6 Å². The fraction of sp³-hybridized carbons (Fsp3) is 0. The number of aromatic nitrogens is 1. The van der Waals surface area contributed by atoms with Crippen molar-refractivity contribution in [1.29, 1.82) is 0 Å². The lowest BCUT2D eigenvalue weighted by molar-refractivity contribution is 0.561. The van der Waals surface area contributed by atoms with Gasteiger partial charge in [0.2, 0.25) is 0 Å². The summed E-state index contributed by atoms with van der Waals surface area (Å²) >= 11 is 5.92. The molecule has 0 radical (unpaired) electrons. The van der Waals surface area contributed by atoms with E-state index in [1.807, 2.05) is 0 Å². The van der Waals surface area contributed by atoms with E-state index in [0.717, 1.165) is 0 Å². The molecule has 2 aromatic carbocycles. The zero-order chi connectivity index (χ0) is 17.6. The summed E-state index contributed by atoms with van der Waals surface area (Å²) < 4.78 is 33.0. The molecule has 4 rings (SSSR count). The number of anilines is 1. The first-order chi connectivity index (χ1) is 11.9. The monoisotopic (exact) mass is 374 g/mol. The summed E-state index contributed by atoms with van der Waals surface area (Å²) in [6, 6.07) is 12.5. The van der Waals surface area contributed by atoms with Crippen molar-refractivity contribution in [2.24, 2.45) is 0 Å². The Hall–Kier alpha value is -2.77. The van der Waals surface area contributed by atoms with Gasteiger partial charge in [0.1, 0.15) is 10.5 Å². The van der Waals surface area contributed by atoms with Gasteiger partial charge in [0.25, 0.3) is 10.0 Å². The lowest BCUT2D eigenvalue weighted by atomic mass is 10.2. The van der Waals surface area contributed by atoms with Gasteiger partial charge in [-0.3, -0.25) is 4.72 Å². The van der Waals surface area contributed by atoms with Crippen LogP contribution in [-0.4, -0.2) is 13.4 Å². The van der Waals surface area contributed by atoms with Crippen LogP contribution in [0.5, 0.6) is 0 Å². The van der Waals surface area contributed by atoms with Crippen molar-refractivity contribution in [2.75, 3.05) is 4.72 Å². The van der Waals surface area contributed by atoms with Crippen LogP contribution in [0.15, 0.2) is 68.8 Å². The molecule has 0 aliphatic rings. The average molecular weight is 375 g/mol. The van der Waals surface area contributed by atoms with E-state index in [1.54, 1.807) is 36.4 Å². The first-order valence-electron chi connectivity index (χ1n) is 7.26. The van der Waals surface area contributed by atoms with Gasteiger partial charge in [-0.25, -0.2) is 13.2 Å². The quantitative estimate of drug-likeness (QED) is 0.534. The number of fused-ring (bicyclic) bond motifs is 2. The molecule has 8 heteroatoms. The molecule has 0 saturated heterocycles. The molecule has 0 aliphatic heterocycles. The van der Waals surface area contributed by atoms with Crippen molar-refractivity contribution in [1.82, 2.24) is 4.98 Å². The van der Waals surface area contributed by atoms with Gasteiger partial charge in [0.05, 0.1) is 0 Å². The summed E-state index contributed by atoms with van der Waals surface area (Å²) in [7, 11) is -3.80. The molecule has 6 nitrogen and oxygen atoms in total. The Labute approximate surface area is 147 Å².